The van der Waals surface area contributed by atoms with Crippen molar-refractivity contribution < 1.29 is 19.0 Å². The lowest BCUT2D eigenvalue weighted by molar-refractivity contribution is 0.0696. The largest absolute Gasteiger partial charge is 0.494 e. The molecule has 0 fully saturated rings. The van der Waals surface area contributed by atoms with Gasteiger partial charge in [0.25, 0.3) is 0 Å². The highest BCUT2D eigenvalue weighted by Gasteiger charge is 2.13. The second-order valence-corrected chi connectivity index (χ2v) is 2.85. The van der Waals surface area contributed by atoms with E-state index in [1.54, 1.807) is 6.92 Å². The van der Waals surface area contributed by atoms with Crippen LogP contribution < -0.4 is 0 Å². The van der Waals surface area contributed by atoms with Crippen molar-refractivity contribution in [1.29, 1.82) is 0 Å². The predicted octanol–water partition coefficient (Wildman–Crippen LogP) is 2.53. The molecule has 0 saturated heterocycles. The van der Waals surface area contributed by atoms with E-state index in [1.165, 1.54) is 6.07 Å². The minimum Gasteiger partial charge on any atom is -0.494 e. The van der Waals surface area contributed by atoms with E-state index < -0.39 is 11.8 Å². The fourth-order valence-corrected chi connectivity index (χ4v) is 1.19. The Morgan fingerprint density at radius 1 is 1.53 bits per heavy atom. The molecule has 0 unspecified atom stereocenters. The standard InChI is InChI=1S/C11H11FO3/c1-3-15-7(2)10-6-8(12)4-5-9(10)11(13)14/h4-6H,2-3H2,1H3,(H,13,14). The summed E-state index contributed by atoms with van der Waals surface area (Å²) in [6.07, 6.45) is 0. The average molecular weight is 210 g/mol. The number of aromatic carboxylic acids is 1. The van der Waals surface area contributed by atoms with Gasteiger partial charge in [-0.2, -0.15) is 0 Å². The zero-order valence-electron chi connectivity index (χ0n) is 8.29. The lowest BCUT2D eigenvalue weighted by Crippen LogP contribution is -2.03. The predicted molar refractivity (Wildman–Crippen MR) is 54.0 cm³/mol. The Balaban J connectivity index is 3.18. The molecule has 80 valence electrons. The Hall–Kier alpha value is -1.84. The molecule has 0 heterocycles. The van der Waals surface area contributed by atoms with Crippen molar-refractivity contribution in [1.82, 2.24) is 0 Å². The van der Waals surface area contributed by atoms with Crippen molar-refractivity contribution in [2.45, 2.75) is 6.92 Å². The lowest BCUT2D eigenvalue weighted by Gasteiger charge is -2.09. The van der Waals surface area contributed by atoms with Gasteiger partial charge in [-0.15, -0.1) is 0 Å². The quantitative estimate of drug-likeness (QED) is 0.777. The molecule has 0 bridgehead atoms. The summed E-state index contributed by atoms with van der Waals surface area (Å²) in [5.41, 5.74) is 0.152. The van der Waals surface area contributed by atoms with Crippen LogP contribution in [0.15, 0.2) is 24.8 Å². The molecule has 1 aromatic rings. The summed E-state index contributed by atoms with van der Waals surface area (Å²) in [6.45, 7) is 5.64. The molecular weight excluding hydrogens is 199 g/mol. The van der Waals surface area contributed by atoms with Crippen LogP contribution in [0.4, 0.5) is 4.39 Å². The van der Waals surface area contributed by atoms with Crippen molar-refractivity contribution in [3.8, 4) is 0 Å². The summed E-state index contributed by atoms with van der Waals surface area (Å²) in [5.74, 6) is -1.49. The zero-order chi connectivity index (χ0) is 11.4. The van der Waals surface area contributed by atoms with E-state index in [9.17, 15) is 9.18 Å². The van der Waals surface area contributed by atoms with Crippen LogP contribution in [0.5, 0.6) is 0 Å². The van der Waals surface area contributed by atoms with Gasteiger partial charge < -0.3 is 9.84 Å². The molecule has 0 radical (unpaired) electrons. The van der Waals surface area contributed by atoms with E-state index in [0.29, 0.717) is 6.61 Å². The molecule has 0 saturated carbocycles. The second kappa shape index (κ2) is 4.59. The third-order valence-corrected chi connectivity index (χ3v) is 1.83. The molecule has 0 spiro atoms. The number of halogens is 1. The van der Waals surface area contributed by atoms with E-state index >= 15 is 0 Å². The molecule has 15 heavy (non-hydrogen) atoms. The Labute approximate surface area is 86.8 Å². The smallest absolute Gasteiger partial charge is 0.336 e. The first kappa shape index (κ1) is 11.2. The van der Waals surface area contributed by atoms with E-state index in [0.717, 1.165) is 12.1 Å². The fraction of sp³-hybridized carbons (Fsp3) is 0.182. The molecule has 0 aliphatic rings. The molecule has 1 aromatic carbocycles. The summed E-state index contributed by atoms with van der Waals surface area (Å²) in [7, 11) is 0. The van der Waals surface area contributed by atoms with Gasteiger partial charge in [-0.3, -0.25) is 0 Å². The third-order valence-electron chi connectivity index (χ3n) is 1.83. The molecule has 3 nitrogen and oxygen atoms in total. The fourth-order valence-electron chi connectivity index (χ4n) is 1.19. The van der Waals surface area contributed by atoms with Gasteiger partial charge in [0, 0.05) is 5.56 Å². The van der Waals surface area contributed by atoms with E-state index in [4.69, 9.17) is 9.84 Å². The number of hydrogen-bond acceptors (Lipinski definition) is 2. The number of hydrogen-bond donors (Lipinski definition) is 1. The maximum Gasteiger partial charge on any atom is 0.336 e. The van der Waals surface area contributed by atoms with Crippen LogP contribution in [-0.4, -0.2) is 17.7 Å². The monoisotopic (exact) mass is 210 g/mol. The molecule has 0 atom stereocenters. The number of carboxylic acids is 1. The van der Waals surface area contributed by atoms with Crippen LogP contribution in [0, 0.1) is 5.82 Å². The molecule has 0 aliphatic heterocycles. The normalized spacial score (nSPS) is 9.73. The molecule has 0 amide bonds. The van der Waals surface area contributed by atoms with Crippen LogP contribution in [0.1, 0.15) is 22.8 Å². The molecule has 0 aromatic heterocycles. The van der Waals surface area contributed by atoms with Gasteiger partial charge in [-0.05, 0) is 25.1 Å². The maximum atomic E-state index is 12.9. The van der Waals surface area contributed by atoms with Crippen molar-refractivity contribution in [3.05, 3.63) is 41.7 Å². The third kappa shape index (κ3) is 2.56. The summed E-state index contributed by atoms with van der Waals surface area (Å²) in [4.78, 5) is 10.8. The minimum absolute atomic E-state index is 0.0187. The highest BCUT2D eigenvalue weighted by Crippen LogP contribution is 2.20. The molecule has 0 aliphatic carbocycles. The van der Waals surface area contributed by atoms with Crippen molar-refractivity contribution in [2.24, 2.45) is 0 Å². The number of carboxylic acid groups (broad SMARTS) is 1. The molecule has 1 N–H and O–H groups in total. The topological polar surface area (TPSA) is 46.5 Å². The van der Waals surface area contributed by atoms with Crippen LogP contribution in [-0.2, 0) is 4.74 Å². The summed E-state index contributed by atoms with van der Waals surface area (Å²) in [5, 5.41) is 8.85. The average Bonchev–Trinajstić information content (AvgIpc) is 2.17. The first-order valence-electron chi connectivity index (χ1n) is 4.41. The number of ether oxygens (including phenoxy) is 1. The Morgan fingerprint density at radius 2 is 2.20 bits per heavy atom. The SMILES string of the molecule is C=C(OCC)c1cc(F)ccc1C(=O)O. The van der Waals surface area contributed by atoms with E-state index in [1.807, 2.05) is 0 Å². The first-order chi connectivity index (χ1) is 7.06. The van der Waals surface area contributed by atoms with E-state index in [-0.39, 0.29) is 16.9 Å². The van der Waals surface area contributed by atoms with Gasteiger partial charge in [-0.1, -0.05) is 6.58 Å². The number of benzene rings is 1. The van der Waals surface area contributed by atoms with E-state index in [2.05, 4.69) is 6.58 Å². The van der Waals surface area contributed by atoms with Crippen LogP contribution >= 0.6 is 0 Å². The van der Waals surface area contributed by atoms with Crippen molar-refractivity contribution >= 4 is 11.7 Å². The van der Waals surface area contributed by atoms with Gasteiger partial charge in [-0.25, -0.2) is 9.18 Å². The Morgan fingerprint density at radius 3 is 2.73 bits per heavy atom. The maximum absolute atomic E-state index is 12.9. The lowest BCUT2D eigenvalue weighted by atomic mass is 10.1. The minimum atomic E-state index is -1.13. The van der Waals surface area contributed by atoms with Gasteiger partial charge in [0.1, 0.15) is 11.6 Å². The number of rotatable bonds is 4. The molecule has 4 heteroatoms. The second-order valence-electron chi connectivity index (χ2n) is 2.85. The Kier molecular flexibility index (Phi) is 3.44. The van der Waals surface area contributed by atoms with Gasteiger partial charge in [0.05, 0.1) is 12.2 Å². The highest BCUT2D eigenvalue weighted by atomic mass is 19.1. The molecule has 1 rings (SSSR count). The number of carbonyl (C=O) groups is 1. The highest BCUT2D eigenvalue weighted by molar-refractivity contribution is 5.93. The van der Waals surface area contributed by atoms with Gasteiger partial charge >= 0.3 is 5.97 Å². The summed E-state index contributed by atoms with van der Waals surface area (Å²) in [6, 6.07) is 3.38. The van der Waals surface area contributed by atoms with Gasteiger partial charge in [0.2, 0.25) is 0 Å². The van der Waals surface area contributed by atoms with Crippen LogP contribution in [0.25, 0.3) is 5.76 Å². The van der Waals surface area contributed by atoms with Crippen LogP contribution in [0.3, 0.4) is 0 Å². The van der Waals surface area contributed by atoms with Crippen LogP contribution in [0.2, 0.25) is 0 Å². The zero-order valence-corrected chi connectivity index (χ0v) is 8.29. The van der Waals surface area contributed by atoms with Crippen molar-refractivity contribution in [3.63, 3.8) is 0 Å². The van der Waals surface area contributed by atoms with Gasteiger partial charge in [0.15, 0.2) is 0 Å². The molecular formula is C11H11FO3. The summed E-state index contributed by atoms with van der Waals surface area (Å²) < 4.78 is 18.0. The Bertz CT molecular complexity index is 399. The summed E-state index contributed by atoms with van der Waals surface area (Å²) >= 11 is 0. The van der Waals surface area contributed by atoms with Crippen molar-refractivity contribution in [2.75, 3.05) is 6.61 Å². The first-order valence-corrected chi connectivity index (χ1v) is 4.41.